The molecule has 1 amide bonds. The first-order chi connectivity index (χ1) is 14.7. The quantitative estimate of drug-likeness (QED) is 0.842. The Morgan fingerprint density at radius 2 is 1.87 bits per heavy atom. The maximum atomic E-state index is 12.7. The van der Waals surface area contributed by atoms with E-state index in [9.17, 15) is 4.79 Å². The SMILES string of the molecule is N#Cc1ccc(-c2ccc3c(c2)C(NC(=O)O[C@@H]2CN4CCC2CC4)CCO3)cc1. The van der Waals surface area contributed by atoms with Gasteiger partial charge in [-0.25, -0.2) is 4.79 Å². The molecule has 2 bridgehead atoms. The summed E-state index contributed by atoms with van der Waals surface area (Å²) in [7, 11) is 0. The van der Waals surface area contributed by atoms with Gasteiger partial charge in [0.15, 0.2) is 0 Å². The summed E-state index contributed by atoms with van der Waals surface area (Å²) in [6.45, 7) is 3.66. The molecule has 3 saturated heterocycles. The molecular weight excluding hydrogens is 378 g/mol. The Morgan fingerprint density at radius 1 is 1.10 bits per heavy atom. The molecule has 2 aromatic rings. The number of alkyl carbamates (subject to hydrolysis) is 1. The van der Waals surface area contributed by atoms with Crippen molar-refractivity contribution < 1.29 is 14.3 Å². The molecule has 0 saturated carbocycles. The molecular formula is C24H25N3O3. The van der Waals surface area contributed by atoms with E-state index in [1.165, 1.54) is 0 Å². The fourth-order valence-electron chi connectivity index (χ4n) is 4.82. The van der Waals surface area contributed by atoms with Gasteiger partial charge in [0, 0.05) is 18.5 Å². The summed E-state index contributed by atoms with van der Waals surface area (Å²) in [6.07, 6.45) is 2.60. The van der Waals surface area contributed by atoms with Gasteiger partial charge in [0.1, 0.15) is 11.9 Å². The molecule has 2 aromatic carbocycles. The van der Waals surface area contributed by atoms with Gasteiger partial charge in [-0.1, -0.05) is 18.2 Å². The van der Waals surface area contributed by atoms with Crippen LogP contribution in [0.25, 0.3) is 11.1 Å². The zero-order valence-corrected chi connectivity index (χ0v) is 16.8. The summed E-state index contributed by atoms with van der Waals surface area (Å²) < 4.78 is 11.6. The van der Waals surface area contributed by atoms with Crippen molar-refractivity contribution in [3.8, 4) is 22.9 Å². The van der Waals surface area contributed by atoms with Crippen LogP contribution in [0.15, 0.2) is 42.5 Å². The lowest BCUT2D eigenvalue weighted by Gasteiger charge is -2.44. The van der Waals surface area contributed by atoms with Crippen molar-refractivity contribution in [1.29, 1.82) is 5.26 Å². The molecule has 1 unspecified atom stereocenters. The number of ether oxygens (including phenoxy) is 2. The highest BCUT2D eigenvalue weighted by Crippen LogP contribution is 2.36. The zero-order valence-electron chi connectivity index (χ0n) is 16.8. The second-order valence-electron chi connectivity index (χ2n) is 8.36. The predicted molar refractivity (Wildman–Crippen MR) is 112 cm³/mol. The van der Waals surface area contributed by atoms with Crippen LogP contribution in [0.5, 0.6) is 5.75 Å². The van der Waals surface area contributed by atoms with Crippen molar-refractivity contribution in [2.75, 3.05) is 26.2 Å². The first kappa shape index (κ1) is 19.0. The number of rotatable bonds is 3. The van der Waals surface area contributed by atoms with Crippen molar-refractivity contribution in [3.05, 3.63) is 53.6 Å². The fourth-order valence-corrected chi connectivity index (χ4v) is 4.82. The van der Waals surface area contributed by atoms with Crippen LogP contribution in [0, 0.1) is 17.2 Å². The largest absolute Gasteiger partial charge is 0.493 e. The van der Waals surface area contributed by atoms with E-state index < -0.39 is 0 Å². The van der Waals surface area contributed by atoms with Gasteiger partial charge in [-0.15, -0.1) is 0 Å². The highest BCUT2D eigenvalue weighted by atomic mass is 16.6. The Labute approximate surface area is 176 Å². The van der Waals surface area contributed by atoms with Gasteiger partial charge in [-0.3, -0.25) is 4.90 Å². The van der Waals surface area contributed by atoms with Crippen molar-refractivity contribution in [2.45, 2.75) is 31.4 Å². The van der Waals surface area contributed by atoms with Gasteiger partial charge < -0.3 is 14.8 Å². The fraction of sp³-hybridized carbons (Fsp3) is 0.417. The molecule has 6 rings (SSSR count). The van der Waals surface area contributed by atoms with Crippen LogP contribution in [-0.4, -0.2) is 43.3 Å². The predicted octanol–water partition coefficient (Wildman–Crippen LogP) is 3.87. The van der Waals surface area contributed by atoms with E-state index in [0.717, 1.165) is 54.9 Å². The van der Waals surface area contributed by atoms with Crippen molar-refractivity contribution in [1.82, 2.24) is 10.2 Å². The third-order valence-corrected chi connectivity index (χ3v) is 6.54. The molecule has 0 aliphatic carbocycles. The second kappa shape index (κ2) is 8.00. The number of carbonyl (C=O) groups excluding carboxylic acids is 1. The second-order valence-corrected chi connectivity index (χ2v) is 8.36. The van der Waals surface area contributed by atoms with Gasteiger partial charge in [-0.2, -0.15) is 5.26 Å². The smallest absolute Gasteiger partial charge is 0.407 e. The average molecular weight is 403 g/mol. The van der Waals surface area contributed by atoms with E-state index >= 15 is 0 Å². The number of fused-ring (bicyclic) bond motifs is 4. The Morgan fingerprint density at radius 3 is 2.57 bits per heavy atom. The number of hydrogen-bond donors (Lipinski definition) is 1. The van der Waals surface area contributed by atoms with E-state index in [1.807, 2.05) is 36.4 Å². The summed E-state index contributed by atoms with van der Waals surface area (Å²) in [5.74, 6) is 1.29. The monoisotopic (exact) mass is 403 g/mol. The number of hydrogen-bond acceptors (Lipinski definition) is 5. The number of benzene rings is 2. The lowest BCUT2D eigenvalue weighted by atomic mass is 9.86. The van der Waals surface area contributed by atoms with Crippen LogP contribution in [-0.2, 0) is 4.74 Å². The molecule has 6 nitrogen and oxygen atoms in total. The van der Waals surface area contributed by atoms with Gasteiger partial charge in [0.05, 0.1) is 24.3 Å². The Kier molecular flexibility index (Phi) is 5.06. The number of nitriles is 1. The first-order valence-corrected chi connectivity index (χ1v) is 10.7. The minimum absolute atomic E-state index is 0.00297. The summed E-state index contributed by atoms with van der Waals surface area (Å²) in [5.41, 5.74) is 3.65. The van der Waals surface area contributed by atoms with E-state index in [1.54, 1.807) is 0 Å². The third-order valence-electron chi connectivity index (χ3n) is 6.54. The standard InChI is InChI=1S/C24H25N3O3/c25-14-16-1-3-17(4-2-16)19-5-6-22-20(13-19)21(9-12-29-22)26-24(28)30-23-15-27-10-7-18(23)8-11-27/h1-6,13,18,21,23H,7-12,15H2,(H,26,28)/t21?,23-/m1/s1. The summed E-state index contributed by atoms with van der Waals surface area (Å²) in [4.78, 5) is 15.0. The molecule has 2 atom stereocenters. The maximum absolute atomic E-state index is 12.7. The lowest BCUT2D eigenvalue weighted by Crippen LogP contribution is -2.52. The van der Waals surface area contributed by atoms with Gasteiger partial charge in [0.2, 0.25) is 0 Å². The Balaban J connectivity index is 1.31. The van der Waals surface area contributed by atoms with Gasteiger partial charge in [0.25, 0.3) is 0 Å². The average Bonchev–Trinajstić information content (AvgIpc) is 2.80. The lowest BCUT2D eigenvalue weighted by molar-refractivity contribution is -0.0342. The van der Waals surface area contributed by atoms with Crippen LogP contribution in [0.4, 0.5) is 4.79 Å². The highest BCUT2D eigenvalue weighted by Gasteiger charge is 2.37. The number of piperidine rings is 3. The molecule has 154 valence electrons. The molecule has 30 heavy (non-hydrogen) atoms. The Bertz CT molecular complexity index is 974. The zero-order chi connectivity index (χ0) is 20.5. The summed E-state index contributed by atoms with van der Waals surface area (Å²) >= 11 is 0. The van der Waals surface area contributed by atoms with Crippen LogP contribution >= 0.6 is 0 Å². The van der Waals surface area contributed by atoms with Crippen LogP contribution in [0.2, 0.25) is 0 Å². The van der Waals surface area contributed by atoms with Crippen LogP contribution in [0.1, 0.15) is 36.4 Å². The molecule has 0 radical (unpaired) electrons. The maximum Gasteiger partial charge on any atom is 0.407 e. The van der Waals surface area contributed by atoms with Gasteiger partial charge >= 0.3 is 6.09 Å². The first-order valence-electron chi connectivity index (χ1n) is 10.7. The van der Waals surface area contributed by atoms with Crippen molar-refractivity contribution in [3.63, 3.8) is 0 Å². The topological polar surface area (TPSA) is 74.6 Å². The summed E-state index contributed by atoms with van der Waals surface area (Å²) in [6, 6.07) is 15.5. The number of carbonyl (C=O) groups is 1. The minimum Gasteiger partial charge on any atom is -0.493 e. The Hall–Kier alpha value is -3.04. The van der Waals surface area contributed by atoms with Gasteiger partial charge in [-0.05, 0) is 67.2 Å². The molecule has 4 aliphatic rings. The highest BCUT2D eigenvalue weighted by molar-refractivity contribution is 5.70. The van der Waals surface area contributed by atoms with E-state index in [4.69, 9.17) is 14.7 Å². The van der Waals surface area contributed by atoms with Crippen LogP contribution < -0.4 is 10.1 Å². The third kappa shape index (κ3) is 3.73. The van der Waals surface area contributed by atoms with Crippen molar-refractivity contribution >= 4 is 6.09 Å². The van der Waals surface area contributed by atoms with E-state index in [0.29, 0.717) is 24.5 Å². The molecule has 3 fully saturated rings. The molecule has 6 heteroatoms. The van der Waals surface area contributed by atoms with Crippen molar-refractivity contribution in [2.24, 2.45) is 5.92 Å². The normalized spacial score (nSPS) is 26.8. The molecule has 0 aromatic heterocycles. The molecule has 1 N–H and O–H groups in total. The number of nitrogens with zero attached hydrogens (tertiary/aromatic N) is 2. The van der Waals surface area contributed by atoms with E-state index in [2.05, 4.69) is 22.4 Å². The van der Waals surface area contributed by atoms with Crippen LogP contribution in [0.3, 0.4) is 0 Å². The molecule has 4 aliphatic heterocycles. The number of nitrogens with one attached hydrogen (secondary N) is 1. The summed E-state index contributed by atoms with van der Waals surface area (Å²) in [5, 5.41) is 12.1. The molecule has 4 heterocycles. The molecule has 0 spiro atoms. The number of amides is 1. The minimum atomic E-state index is -0.338. The van der Waals surface area contributed by atoms with E-state index in [-0.39, 0.29) is 18.2 Å².